The van der Waals surface area contributed by atoms with Crippen LogP contribution < -0.4 is 0 Å². The van der Waals surface area contributed by atoms with Crippen LogP contribution in [0.3, 0.4) is 0 Å². The van der Waals surface area contributed by atoms with Crippen molar-refractivity contribution in [3.05, 3.63) is 65.2 Å². The maximum Gasteiger partial charge on any atom is 0.199 e. The lowest BCUT2D eigenvalue weighted by Gasteiger charge is -2.20. The second-order valence-corrected chi connectivity index (χ2v) is 7.34. The molecule has 2 heterocycles. The van der Waals surface area contributed by atoms with Crippen LogP contribution in [-0.4, -0.2) is 17.1 Å². The number of fused-ring (bicyclic) bond motifs is 1. The molecule has 2 nitrogen and oxygen atoms in total. The first kappa shape index (κ1) is 14.0. The van der Waals surface area contributed by atoms with Crippen molar-refractivity contribution in [1.29, 1.82) is 0 Å². The van der Waals surface area contributed by atoms with E-state index in [0.717, 1.165) is 16.0 Å². The molecular formula is C19H18O2S. The predicted octanol–water partition coefficient (Wildman–Crippen LogP) is 4.61. The summed E-state index contributed by atoms with van der Waals surface area (Å²) >= 11 is 1.72. The summed E-state index contributed by atoms with van der Waals surface area (Å²) in [6, 6.07) is 16.3. The number of carbonyl (C=O) groups excluding carboxylic acids is 1. The Bertz CT molecular complexity index is 735. The first-order valence-corrected chi connectivity index (χ1v) is 8.65. The first-order chi connectivity index (χ1) is 10.6. The van der Waals surface area contributed by atoms with Crippen LogP contribution in [0.1, 0.15) is 47.4 Å². The number of carbonyl (C=O) groups is 1. The van der Waals surface area contributed by atoms with Gasteiger partial charge in [-0.25, -0.2) is 0 Å². The number of thioether (sulfide) groups is 1. The Kier molecular flexibility index (Phi) is 3.17. The largest absolute Gasteiger partial charge is 0.351 e. The Hall–Kier alpha value is -1.58. The van der Waals surface area contributed by atoms with Gasteiger partial charge in [-0.3, -0.25) is 4.79 Å². The van der Waals surface area contributed by atoms with Gasteiger partial charge in [0.2, 0.25) is 0 Å². The Labute approximate surface area is 134 Å². The molecule has 0 radical (unpaired) electrons. The molecule has 0 saturated carbocycles. The number of benzene rings is 2. The highest BCUT2D eigenvalue weighted by atomic mass is 32.2. The van der Waals surface area contributed by atoms with E-state index in [1.165, 1.54) is 5.56 Å². The highest BCUT2D eigenvalue weighted by molar-refractivity contribution is 7.99. The molecule has 2 aromatic rings. The maximum atomic E-state index is 12.8. The number of ether oxygens (including phenoxy) is 1. The molecule has 0 aromatic heterocycles. The summed E-state index contributed by atoms with van der Waals surface area (Å²) in [7, 11) is 0. The molecule has 112 valence electrons. The smallest absolute Gasteiger partial charge is 0.199 e. The van der Waals surface area contributed by atoms with Crippen LogP contribution in [0.15, 0.2) is 53.4 Å². The second kappa shape index (κ2) is 4.97. The van der Waals surface area contributed by atoms with E-state index in [0.29, 0.717) is 11.7 Å². The van der Waals surface area contributed by atoms with Gasteiger partial charge in [-0.15, -0.1) is 11.8 Å². The fourth-order valence-corrected chi connectivity index (χ4v) is 4.32. The van der Waals surface area contributed by atoms with Gasteiger partial charge >= 0.3 is 0 Å². The van der Waals surface area contributed by atoms with E-state index in [9.17, 15) is 4.79 Å². The van der Waals surface area contributed by atoms with Crippen LogP contribution in [0.2, 0.25) is 0 Å². The molecule has 1 saturated heterocycles. The van der Waals surface area contributed by atoms with Crippen LogP contribution in [0.25, 0.3) is 0 Å². The third-order valence-corrected chi connectivity index (χ3v) is 5.80. The number of ketones is 1. The standard InChI is InChI=1S/C19H18O2S/c1-12(2)13-7-9-14(10-8-13)18-19(21-18)11-22-16-6-4-3-5-15(16)17(19)20/h3-10,12,18H,11H2,1-2H3/t18-,19-/m1/s1. The van der Waals surface area contributed by atoms with Gasteiger partial charge in [-0.2, -0.15) is 0 Å². The minimum absolute atomic E-state index is 0.0953. The molecule has 0 amide bonds. The number of epoxide rings is 1. The Morgan fingerprint density at radius 2 is 1.86 bits per heavy atom. The minimum Gasteiger partial charge on any atom is -0.351 e. The van der Waals surface area contributed by atoms with Crippen molar-refractivity contribution in [2.45, 2.75) is 36.4 Å². The Morgan fingerprint density at radius 3 is 2.59 bits per heavy atom. The molecule has 2 aliphatic rings. The van der Waals surface area contributed by atoms with E-state index < -0.39 is 5.60 Å². The van der Waals surface area contributed by atoms with Crippen molar-refractivity contribution in [3.63, 3.8) is 0 Å². The van der Waals surface area contributed by atoms with Gasteiger partial charge in [0.05, 0.1) is 0 Å². The second-order valence-electron chi connectivity index (χ2n) is 6.32. The summed E-state index contributed by atoms with van der Waals surface area (Å²) in [4.78, 5) is 13.9. The molecule has 1 spiro atoms. The summed E-state index contributed by atoms with van der Waals surface area (Å²) < 4.78 is 5.93. The van der Waals surface area contributed by atoms with Crippen molar-refractivity contribution in [1.82, 2.24) is 0 Å². The highest BCUT2D eigenvalue weighted by Gasteiger charge is 2.64. The first-order valence-electron chi connectivity index (χ1n) is 7.66. The summed E-state index contributed by atoms with van der Waals surface area (Å²) in [6.45, 7) is 4.37. The van der Waals surface area contributed by atoms with E-state index in [1.807, 2.05) is 24.3 Å². The molecular weight excluding hydrogens is 292 g/mol. The third kappa shape index (κ3) is 2.03. The average Bonchev–Trinajstić information content (AvgIpc) is 3.27. The zero-order chi connectivity index (χ0) is 15.3. The maximum absolute atomic E-state index is 12.8. The third-order valence-electron chi connectivity index (χ3n) is 4.56. The molecule has 0 unspecified atom stereocenters. The lowest BCUT2D eigenvalue weighted by Crippen LogP contribution is -2.32. The molecule has 2 atom stereocenters. The zero-order valence-corrected chi connectivity index (χ0v) is 13.5. The van der Waals surface area contributed by atoms with Crippen LogP contribution in [0, 0.1) is 0 Å². The molecule has 1 fully saturated rings. The van der Waals surface area contributed by atoms with Crippen molar-refractivity contribution < 1.29 is 9.53 Å². The number of Topliss-reactive ketones (excluding diaryl/α,β-unsaturated/α-hetero) is 1. The van der Waals surface area contributed by atoms with Gasteiger partial charge in [0, 0.05) is 16.2 Å². The molecule has 0 bridgehead atoms. The van der Waals surface area contributed by atoms with Gasteiger partial charge in [0.1, 0.15) is 6.10 Å². The summed E-state index contributed by atoms with van der Waals surface area (Å²) in [5.41, 5.74) is 2.59. The van der Waals surface area contributed by atoms with Crippen molar-refractivity contribution in [2.24, 2.45) is 0 Å². The number of hydrogen-bond donors (Lipinski definition) is 0. The van der Waals surface area contributed by atoms with Gasteiger partial charge in [0.15, 0.2) is 11.4 Å². The average molecular weight is 310 g/mol. The number of rotatable bonds is 2. The van der Waals surface area contributed by atoms with E-state index in [1.54, 1.807) is 11.8 Å². The van der Waals surface area contributed by atoms with E-state index in [4.69, 9.17) is 4.74 Å². The van der Waals surface area contributed by atoms with Gasteiger partial charge < -0.3 is 4.74 Å². The number of hydrogen-bond acceptors (Lipinski definition) is 3. The summed E-state index contributed by atoms with van der Waals surface area (Å²) in [5, 5.41) is 0. The lowest BCUT2D eigenvalue weighted by atomic mass is 9.91. The Balaban J connectivity index is 1.62. The fourth-order valence-electron chi connectivity index (χ4n) is 3.11. The molecule has 22 heavy (non-hydrogen) atoms. The van der Waals surface area contributed by atoms with E-state index >= 15 is 0 Å². The van der Waals surface area contributed by atoms with Crippen molar-refractivity contribution in [2.75, 3.05) is 5.75 Å². The van der Waals surface area contributed by atoms with E-state index in [-0.39, 0.29) is 11.9 Å². The topological polar surface area (TPSA) is 29.6 Å². The van der Waals surface area contributed by atoms with Crippen LogP contribution in [0.5, 0.6) is 0 Å². The summed E-state index contributed by atoms with van der Waals surface area (Å²) in [5.74, 6) is 1.36. The molecule has 3 heteroatoms. The minimum atomic E-state index is -0.641. The molecule has 0 aliphatic carbocycles. The van der Waals surface area contributed by atoms with E-state index in [2.05, 4.69) is 38.1 Å². The molecule has 2 aliphatic heterocycles. The quantitative estimate of drug-likeness (QED) is 0.759. The monoisotopic (exact) mass is 310 g/mol. The van der Waals surface area contributed by atoms with Crippen molar-refractivity contribution >= 4 is 17.5 Å². The Morgan fingerprint density at radius 1 is 1.14 bits per heavy atom. The normalized spacial score (nSPS) is 26.3. The molecule has 0 N–H and O–H groups in total. The predicted molar refractivity (Wildman–Crippen MR) is 88.6 cm³/mol. The SMILES string of the molecule is CC(C)c1ccc([C@H]2O[C@@]23CSc2ccccc2C3=O)cc1. The van der Waals surface area contributed by atoms with Gasteiger partial charge in [0.25, 0.3) is 0 Å². The van der Waals surface area contributed by atoms with Crippen LogP contribution in [-0.2, 0) is 4.74 Å². The molecule has 4 rings (SSSR count). The highest BCUT2D eigenvalue weighted by Crippen LogP contribution is 2.56. The molecule has 2 aromatic carbocycles. The van der Waals surface area contributed by atoms with Crippen LogP contribution in [0.4, 0.5) is 0 Å². The zero-order valence-electron chi connectivity index (χ0n) is 12.7. The summed E-state index contributed by atoms with van der Waals surface area (Å²) in [6.07, 6.45) is -0.0953. The lowest BCUT2D eigenvalue weighted by molar-refractivity contribution is 0.0885. The fraction of sp³-hybridized carbons (Fsp3) is 0.316. The van der Waals surface area contributed by atoms with Crippen molar-refractivity contribution in [3.8, 4) is 0 Å². The van der Waals surface area contributed by atoms with Crippen LogP contribution >= 0.6 is 11.8 Å². The van der Waals surface area contributed by atoms with Gasteiger partial charge in [-0.1, -0.05) is 56.3 Å². The van der Waals surface area contributed by atoms with Gasteiger partial charge in [-0.05, 0) is 23.1 Å².